The third-order valence-corrected chi connectivity index (χ3v) is 29.5. The number of rotatable bonds is 68. The molecule has 0 saturated carbocycles. The number of carbonyl (C=O) groups is 6. The van der Waals surface area contributed by atoms with Crippen LogP contribution in [-0.2, 0) is 112 Å². The molecule has 0 aromatic carbocycles. The summed E-state index contributed by atoms with van der Waals surface area (Å²) in [4.78, 5) is 125. The lowest BCUT2D eigenvalue weighted by Gasteiger charge is -2.43. The lowest BCUT2D eigenvalue weighted by Crippen LogP contribution is -2.64. The van der Waals surface area contributed by atoms with E-state index in [1.54, 1.807) is 14.7 Å². The van der Waals surface area contributed by atoms with Crippen LogP contribution in [0.3, 0.4) is 0 Å². The molecule has 6 amide bonds. The fourth-order valence-electron chi connectivity index (χ4n) is 17.1. The molecular weight excluding hydrogens is 1840 g/mol. The van der Waals surface area contributed by atoms with Crippen LogP contribution >= 0.6 is 31.3 Å². The van der Waals surface area contributed by atoms with Crippen LogP contribution in [0.15, 0.2) is 0 Å². The topological polar surface area (TPSA) is 629 Å². The van der Waals surface area contributed by atoms with E-state index in [0.29, 0.717) is 64.2 Å². The monoisotopic (exact) mass is 1990 g/mol. The molecule has 776 valence electrons. The van der Waals surface area contributed by atoms with Crippen molar-refractivity contribution in [3.05, 3.63) is 0 Å². The predicted octanol–water partition coefficient (Wildman–Crippen LogP) is 4.94. The van der Waals surface area contributed by atoms with Gasteiger partial charge in [-0.25, -0.2) is 18.3 Å². The molecule has 0 aliphatic carbocycles. The summed E-state index contributed by atoms with van der Waals surface area (Å²) in [6.45, 7) is 0.260. The summed E-state index contributed by atoms with van der Waals surface area (Å²) in [5, 5.41) is 110. The van der Waals surface area contributed by atoms with Crippen molar-refractivity contribution < 1.29 is 182 Å². The Hall–Kier alpha value is -3.38. The number of carbonyl (C=O) groups excluding carboxylic acids is 6. The zero-order valence-electron chi connectivity index (χ0n) is 78.2. The number of aliphatic hydroxyl groups excluding tert-OH is 10. The third kappa shape index (κ3) is 43.1. The molecule has 6 fully saturated rings. The lowest BCUT2D eigenvalue weighted by molar-refractivity contribution is -0.270. The van der Waals surface area contributed by atoms with Crippen molar-refractivity contribution in [3.8, 4) is 0 Å². The second kappa shape index (κ2) is 61.5. The molecule has 0 aromatic rings. The molecular formula is C85H158N6O38P4. The normalized spacial score (nSPS) is 27.4. The van der Waals surface area contributed by atoms with Crippen LogP contribution in [0.25, 0.3) is 0 Å². The number of piperidine rings is 3. The summed E-state index contributed by atoms with van der Waals surface area (Å²) in [6, 6.07) is -3.08. The third-order valence-electron chi connectivity index (χ3n) is 25.8. The van der Waals surface area contributed by atoms with Gasteiger partial charge in [0.15, 0.2) is 18.9 Å². The van der Waals surface area contributed by atoms with Gasteiger partial charge in [0.2, 0.25) is 35.4 Å². The van der Waals surface area contributed by atoms with E-state index >= 15 is 0 Å². The molecule has 6 saturated heterocycles. The molecule has 6 aliphatic rings. The number of hydrogen-bond acceptors (Lipinski definition) is 34. The van der Waals surface area contributed by atoms with Gasteiger partial charge in [-0.2, -0.15) is 0 Å². The number of aliphatic hydroxyl groups is 10. The Bertz CT molecular complexity index is 3550. The largest absolute Gasteiger partial charge is 0.472 e. The second-order valence-electron chi connectivity index (χ2n) is 36.5. The van der Waals surface area contributed by atoms with Crippen molar-refractivity contribution in [2.75, 3.05) is 139 Å². The van der Waals surface area contributed by atoms with Gasteiger partial charge >= 0.3 is 31.3 Å². The highest BCUT2D eigenvalue weighted by atomic mass is 31.2. The van der Waals surface area contributed by atoms with E-state index in [-0.39, 0.29) is 148 Å². The fourth-order valence-corrected chi connectivity index (χ4v) is 20.3. The number of likely N-dealkylation sites (tertiary alicyclic amines) is 3. The molecule has 44 nitrogen and oxygen atoms in total. The van der Waals surface area contributed by atoms with Gasteiger partial charge in [0.1, 0.15) is 73.1 Å². The van der Waals surface area contributed by atoms with E-state index in [2.05, 4.69) is 20.5 Å². The molecule has 19 atom stereocenters. The zero-order valence-corrected chi connectivity index (χ0v) is 81.7. The Kier molecular flexibility index (Phi) is 54.7. The average Bonchev–Trinajstić information content (AvgIpc) is 0.822. The maximum atomic E-state index is 14.3. The van der Waals surface area contributed by atoms with Gasteiger partial charge < -0.3 is 130 Å². The number of phosphoric ester groups is 4. The van der Waals surface area contributed by atoms with E-state index in [0.717, 1.165) is 123 Å². The molecule has 0 radical (unpaired) electrons. The van der Waals surface area contributed by atoms with E-state index in [4.69, 9.17) is 60.1 Å². The molecule has 0 bridgehead atoms. The molecule has 6 aliphatic heterocycles. The van der Waals surface area contributed by atoms with Crippen LogP contribution in [0, 0.1) is 16.2 Å². The average molecular weight is 2000 g/mol. The van der Waals surface area contributed by atoms with Crippen molar-refractivity contribution in [1.29, 1.82) is 0 Å². The maximum Gasteiger partial charge on any atom is 0.472 e. The van der Waals surface area contributed by atoms with Gasteiger partial charge in [0.25, 0.3) is 0 Å². The number of nitrogens with one attached hydrogen (secondary N) is 3. The van der Waals surface area contributed by atoms with Gasteiger partial charge in [0, 0.05) is 122 Å². The van der Waals surface area contributed by atoms with Crippen LogP contribution < -0.4 is 16.0 Å². The summed E-state index contributed by atoms with van der Waals surface area (Å²) in [6.07, 6.45) is 7.51. The number of hydrogen-bond donors (Lipinski definition) is 17. The molecule has 19 unspecified atom stereocenters. The minimum Gasteiger partial charge on any atom is -0.396 e. The van der Waals surface area contributed by atoms with E-state index in [1.807, 2.05) is 0 Å². The number of unbranched alkanes of at least 4 members (excludes halogenated alkanes) is 24. The summed E-state index contributed by atoms with van der Waals surface area (Å²) >= 11 is 0. The van der Waals surface area contributed by atoms with Crippen LogP contribution in [0.4, 0.5) is 0 Å². The van der Waals surface area contributed by atoms with Crippen molar-refractivity contribution in [2.45, 2.75) is 350 Å². The van der Waals surface area contributed by atoms with E-state index < -0.39 is 217 Å². The number of ether oxygens (including phenoxy) is 6. The molecule has 0 spiro atoms. The lowest BCUT2D eigenvalue weighted by atomic mass is 9.80. The Morgan fingerprint density at radius 3 is 0.774 bits per heavy atom. The highest BCUT2D eigenvalue weighted by Crippen LogP contribution is 2.54. The SMILES string of the molecule is COP(=O)(O)OCCCCCCOP(=O)(O)OCC1(COP(=O)(O)OCC2(COP(=O)(O)OCC3(CO)CCN(C(=O)CCCCCCCCCCOC4OC(CO)C(O)C(O)C4NC(C)=O)CC3)CCN(C(=O)CCCCCCCCCCOC3OC(CO)C(O)C(O)C3NC(C)=O)CC2)CCN(C(=O)CCCCCCCCCCOC2OC(CO)C(O)C(O)C2NC(C)=O)CC1. The first-order valence-electron chi connectivity index (χ1n) is 47.7. The van der Waals surface area contributed by atoms with Crippen LogP contribution in [0.5, 0.6) is 0 Å². The standard InChI is InChI=1S/C85H158N6O38P4/c1-62(96)86-71-77(105)74(102)65(53-92)127-80(71)117-48-28-20-14-8-5-11-17-25-33-68(99)89-42-36-83(56-95,37-43-89)57-122-132(112,113)124-60-85(40-46-91(47-41-85)70(101)35-27-19-13-7-10-16-22-30-50-119-82-73(88-64(3)98)79(107)76(104)67(55-94)129-82)61-126-133(114,115)125-59-84(58-123-131(110,111)121-52-32-24-23-31-51-120-130(108,109)116-4)38-44-90(45-39-84)69(100)34-26-18-12-6-9-15-21-29-49-118-81-72(87-63(2)97)78(106)75(103)66(54-93)128-81/h65-67,71-82,92-95,102-107H,5-61H2,1-4H3,(H,86,96)(H,87,97)(H,88,98)(H,108,109)(H,110,111)(H,112,113)(H,114,115). The Morgan fingerprint density at radius 2 is 0.534 bits per heavy atom. The highest BCUT2D eigenvalue weighted by molar-refractivity contribution is 7.48. The molecule has 17 N–H and O–H groups in total. The van der Waals surface area contributed by atoms with Gasteiger partial charge in [-0.15, -0.1) is 0 Å². The van der Waals surface area contributed by atoms with Gasteiger partial charge in [-0.3, -0.25) is 65.0 Å². The minimum absolute atomic E-state index is 0.0409. The predicted molar refractivity (Wildman–Crippen MR) is 477 cm³/mol. The number of phosphoric acid groups is 4. The van der Waals surface area contributed by atoms with E-state index in [9.17, 15) is 118 Å². The Labute approximate surface area is 781 Å². The first-order valence-corrected chi connectivity index (χ1v) is 53.6. The molecule has 133 heavy (non-hydrogen) atoms. The maximum absolute atomic E-state index is 14.3. The Balaban J connectivity index is 1.00. The summed E-state index contributed by atoms with van der Waals surface area (Å²) < 4.78 is 131. The highest BCUT2D eigenvalue weighted by Gasteiger charge is 2.51. The molecule has 6 heterocycles. The smallest absolute Gasteiger partial charge is 0.396 e. The molecule has 6 rings (SSSR count). The zero-order chi connectivity index (χ0) is 97.7. The first kappa shape index (κ1) is 118. The van der Waals surface area contributed by atoms with Crippen LogP contribution in [0.1, 0.15) is 258 Å². The summed E-state index contributed by atoms with van der Waals surface area (Å²) in [7, 11) is -18.1. The minimum atomic E-state index is -5.16. The number of nitrogens with zero attached hydrogens (tertiary/aromatic N) is 3. The van der Waals surface area contributed by atoms with Crippen LogP contribution in [0.2, 0.25) is 0 Å². The Morgan fingerprint density at radius 1 is 0.316 bits per heavy atom. The van der Waals surface area contributed by atoms with Gasteiger partial charge in [-0.1, -0.05) is 128 Å². The fraction of sp³-hybridized carbons (Fsp3) is 0.929. The number of amides is 6. The molecule has 0 aromatic heterocycles. The van der Waals surface area contributed by atoms with Gasteiger partial charge in [0.05, 0.1) is 72.7 Å². The summed E-state index contributed by atoms with van der Waals surface area (Å²) in [5.41, 5.74) is -3.65. The first-order chi connectivity index (χ1) is 63.3. The van der Waals surface area contributed by atoms with Crippen molar-refractivity contribution in [2.24, 2.45) is 16.2 Å². The quantitative estimate of drug-likeness (QED) is 0.0283. The van der Waals surface area contributed by atoms with Crippen molar-refractivity contribution in [3.63, 3.8) is 0 Å². The summed E-state index contributed by atoms with van der Waals surface area (Å²) in [5.74, 6) is -1.71. The second-order valence-corrected chi connectivity index (χ2v) is 42.4. The van der Waals surface area contributed by atoms with Gasteiger partial charge in [-0.05, 0) is 89.9 Å². The van der Waals surface area contributed by atoms with Crippen molar-refractivity contribution in [1.82, 2.24) is 30.7 Å². The van der Waals surface area contributed by atoms with Crippen LogP contribution in [-0.4, -0.2) is 352 Å². The molecule has 48 heteroatoms. The van der Waals surface area contributed by atoms with E-state index in [1.165, 1.54) is 20.8 Å². The van der Waals surface area contributed by atoms with Crippen molar-refractivity contribution >= 4 is 66.7 Å².